The molecule has 8 nitrogen and oxygen atoms in total. The molecular weight excluding hydrogens is 620 g/mol. The van der Waals surface area contributed by atoms with Crippen LogP contribution in [0.4, 0.5) is 0 Å². The molecule has 49 heavy (non-hydrogen) atoms. The largest absolute Gasteiger partial charge is 0.487 e. The molecule has 1 aliphatic heterocycles. The van der Waals surface area contributed by atoms with E-state index in [0.717, 1.165) is 49.3 Å². The van der Waals surface area contributed by atoms with Crippen LogP contribution in [0.2, 0.25) is 0 Å². The average Bonchev–Trinajstić information content (AvgIpc) is 3.46. The van der Waals surface area contributed by atoms with Crippen molar-refractivity contribution < 1.29 is 38.1 Å². The molecule has 1 fully saturated rings. The Labute approximate surface area is 290 Å². The molecule has 4 rings (SSSR count). The molecule has 3 unspecified atom stereocenters. The Hall–Kier alpha value is -4.85. The third-order valence-electron chi connectivity index (χ3n) is 8.36. The maximum Gasteiger partial charge on any atom is 0.343 e. The van der Waals surface area contributed by atoms with E-state index in [1.165, 1.54) is 25.7 Å². The first-order valence-corrected chi connectivity index (χ1v) is 17.4. The summed E-state index contributed by atoms with van der Waals surface area (Å²) >= 11 is 0. The molecule has 3 aromatic carbocycles. The second-order valence-electron chi connectivity index (χ2n) is 12.3. The summed E-state index contributed by atoms with van der Waals surface area (Å²) in [5.74, 6) is 0.228. The Morgan fingerprint density at radius 1 is 0.776 bits per heavy atom. The predicted octanol–water partition coefficient (Wildman–Crippen LogP) is 9.57. The van der Waals surface area contributed by atoms with E-state index in [4.69, 9.17) is 23.7 Å². The number of cyclic esters (lactones) is 1. The van der Waals surface area contributed by atoms with Crippen LogP contribution < -0.4 is 14.2 Å². The highest BCUT2D eigenvalue weighted by Crippen LogP contribution is 2.29. The van der Waals surface area contributed by atoms with Crippen molar-refractivity contribution in [1.29, 1.82) is 0 Å². The van der Waals surface area contributed by atoms with Crippen molar-refractivity contribution in [3.63, 3.8) is 0 Å². The van der Waals surface area contributed by atoms with Gasteiger partial charge in [0.05, 0.1) is 5.56 Å². The maximum absolute atomic E-state index is 12.9. The number of benzene rings is 3. The Bertz CT molecular complexity index is 1510. The number of hydrogen-bond acceptors (Lipinski definition) is 8. The van der Waals surface area contributed by atoms with Crippen molar-refractivity contribution in [2.24, 2.45) is 0 Å². The van der Waals surface area contributed by atoms with Gasteiger partial charge in [-0.05, 0) is 78.9 Å². The monoisotopic (exact) mass is 668 g/mol. The van der Waals surface area contributed by atoms with Crippen molar-refractivity contribution in [3.8, 4) is 28.4 Å². The highest BCUT2D eigenvalue weighted by atomic mass is 16.7. The van der Waals surface area contributed by atoms with Gasteiger partial charge in [-0.3, -0.25) is 0 Å². The molecule has 8 heteroatoms. The molecule has 0 N–H and O–H groups in total. The Morgan fingerprint density at radius 2 is 1.35 bits per heavy atom. The van der Waals surface area contributed by atoms with Crippen LogP contribution >= 0.6 is 0 Å². The van der Waals surface area contributed by atoms with E-state index in [1.807, 2.05) is 36.4 Å². The van der Waals surface area contributed by atoms with E-state index >= 15 is 0 Å². The van der Waals surface area contributed by atoms with Gasteiger partial charge in [0.2, 0.25) is 6.29 Å². The zero-order chi connectivity index (χ0) is 35.0. The summed E-state index contributed by atoms with van der Waals surface area (Å²) in [6.07, 6.45) is 10.3. The molecule has 0 radical (unpaired) electrons. The summed E-state index contributed by atoms with van der Waals surface area (Å²) in [7, 11) is 0. The van der Waals surface area contributed by atoms with Crippen molar-refractivity contribution in [2.75, 3.05) is 0 Å². The van der Waals surface area contributed by atoms with Gasteiger partial charge < -0.3 is 23.7 Å². The van der Waals surface area contributed by atoms with Crippen molar-refractivity contribution in [1.82, 2.24) is 0 Å². The van der Waals surface area contributed by atoms with E-state index in [2.05, 4.69) is 27.0 Å². The molecular formula is C41H48O8. The Kier molecular flexibility index (Phi) is 14.5. The molecule has 1 heterocycles. The second-order valence-corrected chi connectivity index (χ2v) is 12.3. The molecule has 0 aromatic heterocycles. The predicted molar refractivity (Wildman–Crippen MR) is 190 cm³/mol. The summed E-state index contributed by atoms with van der Waals surface area (Å²) in [6, 6.07) is 21.5. The van der Waals surface area contributed by atoms with E-state index in [0.29, 0.717) is 41.2 Å². The minimum atomic E-state index is -0.680. The molecule has 0 aliphatic carbocycles. The SMILES string of the molecule is C=CC(=O)OC(CCCC)Oc1ccc(-c2ccc(OC(=O)c3ccc(OC(CCCCCCCC)C4CC(=C)C(=O)O4)cc3)cc2)cc1. The van der Waals surface area contributed by atoms with Crippen molar-refractivity contribution in [3.05, 3.63) is 103 Å². The fraction of sp³-hybridized carbons (Fsp3) is 0.390. The summed E-state index contributed by atoms with van der Waals surface area (Å²) in [5, 5.41) is 0. The maximum atomic E-state index is 12.9. The normalized spacial score (nSPS) is 15.2. The number of ether oxygens (including phenoxy) is 5. The third-order valence-corrected chi connectivity index (χ3v) is 8.36. The van der Waals surface area contributed by atoms with Crippen molar-refractivity contribution in [2.45, 2.75) is 103 Å². The molecule has 0 bridgehead atoms. The summed E-state index contributed by atoms with van der Waals surface area (Å²) in [5.41, 5.74) is 2.73. The van der Waals surface area contributed by atoms with E-state index < -0.39 is 18.2 Å². The van der Waals surface area contributed by atoms with Crippen LogP contribution in [0, 0.1) is 0 Å². The van der Waals surface area contributed by atoms with Crippen LogP contribution in [0.1, 0.15) is 94.8 Å². The van der Waals surface area contributed by atoms with Crippen LogP contribution in [-0.4, -0.2) is 36.4 Å². The Morgan fingerprint density at radius 3 is 1.94 bits per heavy atom. The fourth-order valence-corrected chi connectivity index (χ4v) is 5.54. The number of carbonyl (C=O) groups is 3. The summed E-state index contributed by atoms with van der Waals surface area (Å²) in [4.78, 5) is 36.6. The van der Waals surface area contributed by atoms with Crippen LogP contribution in [0.3, 0.4) is 0 Å². The standard InChI is InChI=1S/C41H48O8/c1-5-8-10-11-12-13-14-36(37-28-29(4)40(43)48-37)45-33-26-20-32(21-27-33)41(44)47-35-24-18-31(19-25-35)30-16-22-34(23-17-30)46-39(15-9-6-2)49-38(42)7-3/h7,16-27,36-37,39H,3-6,8-15,28H2,1-2H3. The lowest BCUT2D eigenvalue weighted by atomic mass is 10.0. The average molecular weight is 669 g/mol. The van der Waals surface area contributed by atoms with Gasteiger partial charge in [0.15, 0.2) is 0 Å². The molecule has 3 aromatic rings. The molecule has 0 spiro atoms. The molecule has 0 amide bonds. The lowest BCUT2D eigenvalue weighted by Gasteiger charge is -2.24. The van der Waals surface area contributed by atoms with Gasteiger partial charge in [-0.1, -0.05) is 89.8 Å². The molecule has 260 valence electrons. The molecule has 0 saturated carbocycles. The fourth-order valence-electron chi connectivity index (χ4n) is 5.54. The minimum Gasteiger partial charge on any atom is -0.487 e. The number of hydrogen-bond donors (Lipinski definition) is 0. The lowest BCUT2D eigenvalue weighted by molar-refractivity contribution is -0.158. The minimum absolute atomic E-state index is 0.292. The molecule has 3 atom stereocenters. The first kappa shape index (κ1) is 37.0. The number of rotatable bonds is 20. The summed E-state index contributed by atoms with van der Waals surface area (Å²) in [6.45, 7) is 11.5. The smallest absolute Gasteiger partial charge is 0.343 e. The second kappa shape index (κ2) is 19.2. The number of carbonyl (C=O) groups excluding carboxylic acids is 3. The van der Waals surface area contributed by atoms with Gasteiger partial charge in [-0.2, -0.15) is 0 Å². The van der Waals surface area contributed by atoms with E-state index in [-0.39, 0.29) is 18.2 Å². The van der Waals surface area contributed by atoms with Gasteiger partial charge >= 0.3 is 17.9 Å². The van der Waals surface area contributed by atoms with Crippen molar-refractivity contribution >= 4 is 17.9 Å². The van der Waals surface area contributed by atoms with Gasteiger partial charge in [0.25, 0.3) is 0 Å². The lowest BCUT2D eigenvalue weighted by Crippen LogP contribution is -2.31. The third kappa shape index (κ3) is 11.7. The quantitative estimate of drug-likeness (QED) is 0.0386. The van der Waals surface area contributed by atoms with E-state index in [1.54, 1.807) is 36.4 Å². The first-order valence-electron chi connectivity index (χ1n) is 17.4. The summed E-state index contributed by atoms with van der Waals surface area (Å²) < 4.78 is 28.7. The van der Waals surface area contributed by atoms with Crippen LogP contribution in [0.5, 0.6) is 17.2 Å². The molecule has 1 saturated heterocycles. The van der Waals surface area contributed by atoms with Crippen LogP contribution in [-0.2, 0) is 19.1 Å². The van der Waals surface area contributed by atoms with Gasteiger partial charge in [-0.25, -0.2) is 14.4 Å². The zero-order valence-corrected chi connectivity index (χ0v) is 28.7. The zero-order valence-electron chi connectivity index (χ0n) is 28.7. The van der Waals surface area contributed by atoms with E-state index in [9.17, 15) is 14.4 Å². The van der Waals surface area contributed by atoms with Gasteiger partial charge in [-0.15, -0.1) is 0 Å². The van der Waals surface area contributed by atoms with Gasteiger partial charge in [0.1, 0.15) is 29.5 Å². The van der Waals surface area contributed by atoms with Gasteiger partial charge in [0, 0.05) is 24.5 Å². The highest BCUT2D eigenvalue weighted by Gasteiger charge is 2.35. The highest BCUT2D eigenvalue weighted by molar-refractivity contribution is 5.91. The topological polar surface area (TPSA) is 97.4 Å². The van der Waals surface area contributed by atoms with Crippen LogP contribution in [0.15, 0.2) is 97.6 Å². The number of esters is 3. The first-order chi connectivity index (χ1) is 23.8. The Balaban J connectivity index is 1.31. The molecule has 1 aliphatic rings. The van der Waals surface area contributed by atoms with Crippen LogP contribution in [0.25, 0.3) is 11.1 Å². The number of unbranched alkanes of at least 4 members (excludes halogenated alkanes) is 6.